The van der Waals surface area contributed by atoms with Crippen LogP contribution in [0.5, 0.6) is 5.75 Å². The van der Waals surface area contributed by atoms with Gasteiger partial charge in [0, 0.05) is 22.4 Å². The molecular formula is C20H14N2O6S. The van der Waals surface area contributed by atoms with Crippen LogP contribution in [0.4, 0.5) is 11.4 Å². The number of benzene rings is 3. The molecule has 0 saturated heterocycles. The second-order valence-electron chi connectivity index (χ2n) is 6.32. The molecule has 0 aromatic heterocycles. The summed E-state index contributed by atoms with van der Waals surface area (Å²) in [7, 11) is -4.34. The van der Waals surface area contributed by atoms with E-state index in [1.807, 2.05) is 0 Å². The van der Waals surface area contributed by atoms with Gasteiger partial charge >= 0.3 is 10.1 Å². The van der Waals surface area contributed by atoms with Gasteiger partial charge in [-0.2, -0.15) is 18.6 Å². The zero-order valence-corrected chi connectivity index (χ0v) is 15.6. The van der Waals surface area contributed by atoms with Crippen LogP contribution in [0.1, 0.15) is 31.8 Å². The second-order valence-corrected chi connectivity index (χ2v) is 7.89. The molecule has 9 heteroatoms. The number of ketones is 2. The van der Waals surface area contributed by atoms with Crippen LogP contribution in [0.2, 0.25) is 0 Å². The first-order valence-electron chi connectivity index (χ1n) is 8.38. The molecule has 3 aromatic carbocycles. The minimum Gasteiger partial charge on any atom is -0.508 e. The van der Waals surface area contributed by atoms with E-state index in [1.54, 1.807) is 12.1 Å². The van der Waals surface area contributed by atoms with Crippen LogP contribution >= 0.6 is 0 Å². The highest BCUT2D eigenvalue weighted by Gasteiger charge is 2.33. The Morgan fingerprint density at radius 1 is 0.862 bits per heavy atom. The first-order valence-corrected chi connectivity index (χ1v) is 9.78. The van der Waals surface area contributed by atoms with Gasteiger partial charge in [-0.25, -0.2) is 0 Å². The van der Waals surface area contributed by atoms with Gasteiger partial charge in [-0.05, 0) is 36.4 Å². The van der Waals surface area contributed by atoms with Gasteiger partial charge in [0.05, 0.1) is 16.1 Å². The molecule has 4 rings (SSSR count). The molecule has 0 amide bonds. The largest absolute Gasteiger partial charge is 0.508 e. The average molecular weight is 410 g/mol. The summed E-state index contributed by atoms with van der Waals surface area (Å²) < 4.78 is 28.4. The van der Waals surface area contributed by atoms with E-state index < -0.39 is 21.7 Å². The summed E-state index contributed by atoms with van der Waals surface area (Å²) >= 11 is 0. The standard InChI is InChI=1S/C20H14N2O6S/c21-28-29(26,27)13-9-16-18(17(10-13)22-11-5-7-12(23)8-6-11)20(25)15-4-2-1-3-14(15)19(16)24/h1-10,22-23H,21H2. The fraction of sp³-hybridized carbons (Fsp3) is 0. The van der Waals surface area contributed by atoms with E-state index in [0.717, 1.165) is 6.07 Å². The number of phenols is 1. The molecule has 146 valence electrons. The first-order chi connectivity index (χ1) is 13.8. The van der Waals surface area contributed by atoms with E-state index >= 15 is 0 Å². The topological polar surface area (TPSA) is 136 Å². The molecule has 0 radical (unpaired) electrons. The van der Waals surface area contributed by atoms with Crippen molar-refractivity contribution in [2.24, 2.45) is 5.90 Å². The normalized spacial score (nSPS) is 13.0. The third-order valence-electron chi connectivity index (χ3n) is 4.56. The number of hydrogen-bond donors (Lipinski definition) is 3. The number of hydrogen-bond acceptors (Lipinski definition) is 8. The van der Waals surface area contributed by atoms with Gasteiger partial charge in [-0.1, -0.05) is 24.3 Å². The lowest BCUT2D eigenvalue weighted by Crippen LogP contribution is -2.23. The van der Waals surface area contributed by atoms with Crippen LogP contribution in [0, 0.1) is 0 Å². The third kappa shape index (κ3) is 3.17. The quantitative estimate of drug-likeness (QED) is 0.345. The summed E-state index contributed by atoms with van der Waals surface area (Å²) in [6.07, 6.45) is 0. The molecule has 8 nitrogen and oxygen atoms in total. The maximum atomic E-state index is 13.1. The van der Waals surface area contributed by atoms with Gasteiger partial charge in [0.15, 0.2) is 11.6 Å². The summed E-state index contributed by atoms with van der Waals surface area (Å²) in [6, 6.07) is 14.5. The lowest BCUT2D eigenvalue weighted by atomic mass is 9.83. The Morgan fingerprint density at radius 3 is 2.10 bits per heavy atom. The lowest BCUT2D eigenvalue weighted by molar-refractivity contribution is 0.0979. The van der Waals surface area contributed by atoms with Gasteiger partial charge in [-0.15, -0.1) is 0 Å². The monoisotopic (exact) mass is 410 g/mol. The third-order valence-corrected chi connectivity index (χ3v) is 5.63. The number of rotatable bonds is 4. The molecule has 0 unspecified atom stereocenters. The molecule has 0 aliphatic heterocycles. The van der Waals surface area contributed by atoms with Crippen molar-refractivity contribution < 1.29 is 27.4 Å². The molecule has 1 aliphatic carbocycles. The maximum Gasteiger partial charge on any atom is 0.312 e. The molecular weight excluding hydrogens is 396 g/mol. The summed E-state index contributed by atoms with van der Waals surface area (Å²) in [6.45, 7) is 0. The average Bonchev–Trinajstić information content (AvgIpc) is 2.73. The number of phenolic OH excluding ortho intramolecular Hbond substituents is 1. The molecule has 1 aliphatic rings. The Kier molecular flexibility index (Phi) is 4.42. The first kappa shape index (κ1) is 18.8. The van der Waals surface area contributed by atoms with Gasteiger partial charge in [0.1, 0.15) is 5.75 Å². The lowest BCUT2D eigenvalue weighted by Gasteiger charge is -2.22. The molecule has 0 spiro atoms. The molecule has 0 saturated carbocycles. The molecule has 4 N–H and O–H groups in total. The van der Waals surface area contributed by atoms with Crippen molar-refractivity contribution in [2.45, 2.75) is 4.90 Å². The molecule has 0 fully saturated rings. The number of fused-ring (bicyclic) bond motifs is 2. The Hall–Kier alpha value is -3.53. The Labute approximate surface area is 165 Å². The minimum absolute atomic E-state index is 0.0330. The van der Waals surface area contributed by atoms with Gasteiger partial charge in [-0.3, -0.25) is 9.59 Å². The predicted molar refractivity (Wildman–Crippen MR) is 104 cm³/mol. The van der Waals surface area contributed by atoms with Crippen LogP contribution < -0.4 is 11.2 Å². The van der Waals surface area contributed by atoms with E-state index in [-0.39, 0.29) is 38.6 Å². The van der Waals surface area contributed by atoms with Crippen LogP contribution in [0.25, 0.3) is 0 Å². The van der Waals surface area contributed by atoms with Crippen molar-refractivity contribution in [3.63, 3.8) is 0 Å². The van der Waals surface area contributed by atoms with Gasteiger partial charge in [0.25, 0.3) is 0 Å². The van der Waals surface area contributed by atoms with Crippen LogP contribution in [-0.2, 0) is 14.4 Å². The number of carbonyl (C=O) groups is 2. The zero-order valence-electron chi connectivity index (χ0n) is 14.7. The van der Waals surface area contributed by atoms with E-state index in [1.165, 1.54) is 42.5 Å². The van der Waals surface area contributed by atoms with E-state index in [4.69, 9.17) is 5.90 Å². The maximum absolute atomic E-state index is 13.1. The van der Waals surface area contributed by atoms with Crippen molar-refractivity contribution in [3.05, 3.63) is 82.9 Å². The number of nitrogens with one attached hydrogen (secondary N) is 1. The zero-order chi connectivity index (χ0) is 20.8. The van der Waals surface area contributed by atoms with Crippen molar-refractivity contribution >= 4 is 33.1 Å². The number of carbonyl (C=O) groups excluding carboxylic acids is 2. The predicted octanol–water partition coefficient (Wildman–Crippen LogP) is 2.49. The number of anilines is 2. The highest BCUT2D eigenvalue weighted by Crippen LogP contribution is 2.36. The van der Waals surface area contributed by atoms with Crippen molar-refractivity contribution in [1.82, 2.24) is 0 Å². The summed E-state index contributed by atoms with van der Waals surface area (Å²) in [5.41, 5.74) is 0.933. The fourth-order valence-electron chi connectivity index (χ4n) is 3.20. The second kappa shape index (κ2) is 6.82. The Morgan fingerprint density at radius 2 is 1.48 bits per heavy atom. The van der Waals surface area contributed by atoms with Crippen molar-refractivity contribution in [2.75, 3.05) is 5.32 Å². The fourth-order valence-corrected chi connectivity index (χ4v) is 3.83. The Balaban J connectivity index is 1.96. The highest BCUT2D eigenvalue weighted by atomic mass is 32.2. The highest BCUT2D eigenvalue weighted by molar-refractivity contribution is 7.86. The summed E-state index contributed by atoms with van der Waals surface area (Å²) in [5.74, 6) is 4.01. The molecule has 3 aromatic rings. The number of nitrogens with two attached hydrogens (primary N) is 1. The smallest absolute Gasteiger partial charge is 0.312 e. The summed E-state index contributed by atoms with van der Waals surface area (Å²) in [5, 5.41) is 12.4. The van der Waals surface area contributed by atoms with Crippen molar-refractivity contribution in [1.29, 1.82) is 0 Å². The molecule has 0 heterocycles. The van der Waals surface area contributed by atoms with Crippen LogP contribution in [0.15, 0.2) is 65.6 Å². The van der Waals surface area contributed by atoms with Crippen molar-refractivity contribution in [3.8, 4) is 5.75 Å². The minimum atomic E-state index is -4.34. The summed E-state index contributed by atoms with van der Waals surface area (Å²) in [4.78, 5) is 25.7. The van der Waals surface area contributed by atoms with E-state index in [9.17, 15) is 23.1 Å². The SMILES string of the molecule is NOS(=O)(=O)c1cc(Nc2ccc(O)cc2)c2c(c1)C(=O)c1ccccc1C2=O. The van der Waals surface area contributed by atoms with Gasteiger partial charge in [0.2, 0.25) is 0 Å². The van der Waals surface area contributed by atoms with E-state index in [2.05, 4.69) is 9.60 Å². The Bertz CT molecular complexity index is 1270. The molecule has 0 bridgehead atoms. The van der Waals surface area contributed by atoms with Gasteiger partial charge < -0.3 is 10.4 Å². The van der Waals surface area contributed by atoms with Crippen LogP contribution in [-0.4, -0.2) is 25.1 Å². The van der Waals surface area contributed by atoms with E-state index in [0.29, 0.717) is 5.69 Å². The van der Waals surface area contributed by atoms with Crippen LogP contribution in [0.3, 0.4) is 0 Å². The number of aromatic hydroxyl groups is 1. The molecule has 0 atom stereocenters. The molecule has 29 heavy (non-hydrogen) atoms.